The summed E-state index contributed by atoms with van der Waals surface area (Å²) in [5.41, 5.74) is 1.43. The monoisotopic (exact) mass is 457 g/mol. The molecule has 2 aliphatic heterocycles. The van der Waals surface area contributed by atoms with Crippen LogP contribution in [0.5, 0.6) is 0 Å². The van der Waals surface area contributed by atoms with Crippen molar-refractivity contribution in [2.24, 2.45) is 4.99 Å². The van der Waals surface area contributed by atoms with Gasteiger partial charge in [-0.1, -0.05) is 48.0 Å². The smallest absolute Gasteiger partial charge is 0.328 e. The Morgan fingerprint density at radius 2 is 1.78 bits per heavy atom. The summed E-state index contributed by atoms with van der Waals surface area (Å²) in [6, 6.07) is 13.4. The van der Waals surface area contributed by atoms with Crippen molar-refractivity contribution < 1.29 is 14.0 Å². The van der Waals surface area contributed by atoms with E-state index in [9.17, 15) is 14.0 Å². The van der Waals surface area contributed by atoms with Crippen LogP contribution in [0, 0.1) is 5.82 Å². The summed E-state index contributed by atoms with van der Waals surface area (Å²) in [5.74, 6) is -0.199. The molecule has 0 N–H and O–H groups in total. The number of carbonyl (C=O) groups is 2. The molecule has 0 aromatic heterocycles. The summed E-state index contributed by atoms with van der Waals surface area (Å²) < 4.78 is 14.6. The molecule has 2 heterocycles. The molecule has 2 atom stereocenters. The topological polar surface area (TPSA) is 59.5 Å². The van der Waals surface area contributed by atoms with Crippen LogP contribution in [0.25, 0.3) is 0 Å². The van der Waals surface area contributed by atoms with E-state index in [2.05, 4.69) is 4.90 Å². The lowest BCUT2D eigenvalue weighted by Crippen LogP contribution is -2.64. The molecule has 2 aromatic rings. The Bertz CT molecular complexity index is 1040. The maximum atomic E-state index is 14.6. The number of imide groups is 1. The molecule has 7 nitrogen and oxygen atoms in total. The van der Waals surface area contributed by atoms with Crippen molar-refractivity contribution in [2.45, 2.75) is 25.3 Å². The lowest BCUT2D eigenvalue weighted by Gasteiger charge is -2.40. The second kappa shape index (κ2) is 8.88. The molecule has 4 rings (SSSR count). The van der Waals surface area contributed by atoms with E-state index in [0.29, 0.717) is 24.5 Å². The van der Waals surface area contributed by atoms with E-state index >= 15 is 0 Å². The molecule has 2 unspecified atom stereocenters. The number of nitrogens with zero attached hydrogens (tertiary/aromatic N) is 5. The number of benzene rings is 2. The van der Waals surface area contributed by atoms with Gasteiger partial charge in [0.25, 0.3) is 5.91 Å². The van der Waals surface area contributed by atoms with Crippen LogP contribution in [0.15, 0.2) is 53.5 Å². The van der Waals surface area contributed by atoms with E-state index in [4.69, 9.17) is 16.6 Å². The Balaban J connectivity index is 1.65. The highest BCUT2D eigenvalue weighted by molar-refractivity contribution is 6.31. The van der Waals surface area contributed by atoms with Gasteiger partial charge in [-0.05, 0) is 24.7 Å². The number of hydrogen-bond donors (Lipinski definition) is 0. The maximum Gasteiger partial charge on any atom is 0.328 e. The van der Waals surface area contributed by atoms with Crippen LogP contribution in [0.2, 0.25) is 5.02 Å². The van der Waals surface area contributed by atoms with Gasteiger partial charge in [0.1, 0.15) is 11.7 Å². The number of halogens is 2. The first-order valence-electron chi connectivity index (χ1n) is 10.3. The van der Waals surface area contributed by atoms with Crippen molar-refractivity contribution in [3.8, 4) is 0 Å². The maximum absolute atomic E-state index is 14.6. The molecule has 2 aromatic carbocycles. The van der Waals surface area contributed by atoms with Crippen LogP contribution in [-0.4, -0.2) is 77.3 Å². The van der Waals surface area contributed by atoms with Gasteiger partial charge in [0.15, 0.2) is 12.2 Å². The Morgan fingerprint density at radius 3 is 2.47 bits per heavy atom. The van der Waals surface area contributed by atoms with Gasteiger partial charge in [-0.25, -0.2) is 14.2 Å². The third-order valence-corrected chi connectivity index (χ3v) is 6.25. The second-order valence-corrected chi connectivity index (χ2v) is 8.59. The second-order valence-electron chi connectivity index (χ2n) is 8.18. The number of rotatable bonds is 6. The number of hydrogen-bond acceptors (Lipinski definition) is 5. The van der Waals surface area contributed by atoms with Crippen molar-refractivity contribution >= 4 is 29.4 Å². The van der Waals surface area contributed by atoms with E-state index in [1.54, 1.807) is 24.1 Å². The number of amidine groups is 1. The standard InChI is InChI=1S/C23H25ClFN5O2/c1-27(12-15-8-5-4-6-9-15)14-19-26-21-20(22(31)29(3)23(32)28(21)2)30(19)13-16-17(24)10-7-11-18(16)25/h4-11,20-21H,12-14H2,1-3H3. The fourth-order valence-electron chi connectivity index (χ4n) is 4.19. The van der Waals surface area contributed by atoms with Crippen molar-refractivity contribution in [3.63, 3.8) is 0 Å². The number of amides is 3. The summed E-state index contributed by atoms with van der Waals surface area (Å²) >= 11 is 6.28. The van der Waals surface area contributed by atoms with Crippen molar-refractivity contribution in [1.82, 2.24) is 19.6 Å². The molecular formula is C23H25ClFN5O2. The first-order valence-corrected chi connectivity index (χ1v) is 10.7. The normalized spacial score (nSPS) is 20.8. The molecule has 2 aliphatic rings. The third kappa shape index (κ3) is 4.08. The third-order valence-electron chi connectivity index (χ3n) is 5.90. The zero-order chi connectivity index (χ0) is 23.0. The van der Waals surface area contributed by atoms with E-state index in [-0.39, 0.29) is 17.5 Å². The molecule has 0 bridgehead atoms. The molecule has 3 amide bonds. The fourth-order valence-corrected chi connectivity index (χ4v) is 4.41. The van der Waals surface area contributed by atoms with Gasteiger partial charge in [-0.3, -0.25) is 14.6 Å². The molecule has 0 aliphatic carbocycles. The minimum absolute atomic E-state index is 0.0757. The van der Waals surface area contributed by atoms with Crippen LogP contribution in [-0.2, 0) is 17.9 Å². The Hall–Kier alpha value is -2.97. The minimum atomic E-state index is -0.738. The van der Waals surface area contributed by atoms with Crippen molar-refractivity contribution in [2.75, 3.05) is 27.7 Å². The average molecular weight is 458 g/mol. The summed E-state index contributed by atoms with van der Waals surface area (Å²) in [6.07, 6.45) is -0.670. The van der Waals surface area contributed by atoms with Gasteiger partial charge < -0.3 is 9.80 Å². The highest BCUT2D eigenvalue weighted by atomic mass is 35.5. The fraction of sp³-hybridized carbons (Fsp3) is 0.348. The molecule has 1 saturated heterocycles. The molecular weight excluding hydrogens is 433 g/mol. The van der Waals surface area contributed by atoms with Crippen LogP contribution in [0.3, 0.4) is 0 Å². The van der Waals surface area contributed by atoms with Gasteiger partial charge >= 0.3 is 6.03 Å². The summed E-state index contributed by atoms with van der Waals surface area (Å²) in [4.78, 5) is 36.7. The van der Waals surface area contributed by atoms with Crippen molar-refractivity contribution in [1.29, 1.82) is 0 Å². The predicted octanol–water partition coefficient (Wildman–Crippen LogP) is 3.04. The Labute approximate surface area is 191 Å². The molecule has 32 heavy (non-hydrogen) atoms. The first-order chi connectivity index (χ1) is 15.3. The van der Waals surface area contributed by atoms with Gasteiger partial charge in [0.05, 0.1) is 6.54 Å². The van der Waals surface area contributed by atoms with Gasteiger partial charge in [0, 0.05) is 37.8 Å². The zero-order valence-electron chi connectivity index (χ0n) is 18.2. The largest absolute Gasteiger partial charge is 0.339 e. The van der Waals surface area contributed by atoms with Crippen LogP contribution in [0.4, 0.5) is 9.18 Å². The number of aliphatic imine (C=N–C) groups is 1. The summed E-state index contributed by atoms with van der Waals surface area (Å²) in [5, 5.41) is 0.284. The quantitative estimate of drug-likeness (QED) is 0.669. The molecule has 168 valence electrons. The number of carbonyl (C=O) groups excluding carboxylic acids is 2. The molecule has 0 saturated carbocycles. The summed E-state index contributed by atoms with van der Waals surface area (Å²) in [7, 11) is 5.02. The van der Waals surface area contributed by atoms with Gasteiger partial charge in [-0.2, -0.15) is 0 Å². The Kier molecular flexibility index (Phi) is 6.17. The number of fused-ring (bicyclic) bond motifs is 1. The average Bonchev–Trinajstić information content (AvgIpc) is 3.12. The number of urea groups is 1. The Morgan fingerprint density at radius 1 is 1.06 bits per heavy atom. The van der Waals surface area contributed by atoms with Crippen LogP contribution >= 0.6 is 11.6 Å². The molecule has 1 fully saturated rings. The van der Waals surface area contributed by atoms with Gasteiger partial charge in [-0.15, -0.1) is 0 Å². The van der Waals surface area contributed by atoms with E-state index < -0.39 is 24.1 Å². The molecule has 0 spiro atoms. The molecule has 9 heteroatoms. The lowest BCUT2D eigenvalue weighted by atomic mass is 10.1. The SMILES string of the molecule is CN(CC1=NC2C(C(=O)N(C)C(=O)N2C)N1Cc1c(F)cccc1Cl)Cc1ccccc1. The number of likely N-dealkylation sites (N-methyl/N-ethyl adjacent to an activating group) is 3. The lowest BCUT2D eigenvalue weighted by molar-refractivity contribution is -0.136. The van der Waals surface area contributed by atoms with Crippen LogP contribution < -0.4 is 0 Å². The van der Waals surface area contributed by atoms with Crippen LogP contribution in [0.1, 0.15) is 11.1 Å². The highest BCUT2D eigenvalue weighted by Gasteiger charge is 2.51. The predicted molar refractivity (Wildman–Crippen MR) is 121 cm³/mol. The highest BCUT2D eigenvalue weighted by Crippen LogP contribution is 2.31. The van der Waals surface area contributed by atoms with Crippen molar-refractivity contribution in [3.05, 3.63) is 70.5 Å². The zero-order valence-corrected chi connectivity index (χ0v) is 19.0. The minimum Gasteiger partial charge on any atom is -0.339 e. The first kappa shape index (κ1) is 22.2. The summed E-state index contributed by atoms with van der Waals surface area (Å²) in [6.45, 7) is 1.17. The van der Waals surface area contributed by atoms with Gasteiger partial charge in [0.2, 0.25) is 0 Å². The van der Waals surface area contributed by atoms with E-state index in [1.807, 2.05) is 37.4 Å². The van der Waals surface area contributed by atoms with E-state index in [1.165, 1.54) is 18.0 Å². The van der Waals surface area contributed by atoms with E-state index in [0.717, 1.165) is 10.5 Å². The molecule has 0 radical (unpaired) electrons.